The normalized spacial score (nSPS) is 11.4. The van der Waals surface area contributed by atoms with Gasteiger partial charge in [-0.05, 0) is 29.7 Å². The Kier molecular flexibility index (Phi) is 5.59. The lowest BCUT2D eigenvalue weighted by atomic mass is 10.1. The number of nitrogens with one attached hydrogen (secondary N) is 1. The van der Waals surface area contributed by atoms with Crippen LogP contribution in [0.2, 0.25) is 0 Å². The highest BCUT2D eigenvalue weighted by atomic mass is 16.6. The van der Waals surface area contributed by atoms with Crippen LogP contribution in [0.1, 0.15) is 28.5 Å². The minimum absolute atomic E-state index is 0.0256. The van der Waals surface area contributed by atoms with Gasteiger partial charge in [0.05, 0.1) is 10.6 Å². The fraction of sp³-hybridized carbons (Fsp3) is 0.100. The Bertz CT molecular complexity index is 1370. The van der Waals surface area contributed by atoms with E-state index in [9.17, 15) is 14.9 Å². The Morgan fingerprint density at radius 2 is 1.97 bits per heavy atom. The molecule has 0 saturated heterocycles. The molecule has 4 rings (SSSR count). The Labute approximate surface area is 186 Å². The molecule has 33 heavy (non-hydrogen) atoms. The van der Waals surface area contributed by atoms with Crippen LogP contribution in [0.3, 0.4) is 0 Å². The van der Waals surface area contributed by atoms with Gasteiger partial charge in [-0.3, -0.25) is 14.9 Å². The lowest BCUT2D eigenvalue weighted by Crippen LogP contribution is -2.21. The van der Waals surface area contributed by atoms with Crippen LogP contribution in [0, 0.1) is 17.0 Å². The second-order valence-electron chi connectivity index (χ2n) is 6.98. The minimum Gasteiger partial charge on any atom is -0.378 e. The average molecular weight is 447 g/mol. The van der Waals surface area contributed by atoms with Gasteiger partial charge in [0.15, 0.2) is 5.69 Å². The summed E-state index contributed by atoms with van der Waals surface area (Å²) in [5, 5.41) is 30.4. The number of benzene rings is 2. The van der Waals surface area contributed by atoms with Gasteiger partial charge in [0.2, 0.25) is 11.6 Å². The third kappa shape index (κ3) is 4.27. The topological polar surface area (TPSA) is 180 Å². The molecule has 0 aliphatic carbocycles. The highest BCUT2D eigenvalue weighted by molar-refractivity contribution is 6.02. The van der Waals surface area contributed by atoms with Gasteiger partial charge in [0.1, 0.15) is 5.69 Å². The summed E-state index contributed by atoms with van der Waals surface area (Å²) in [4.78, 5) is 23.7. The number of nitro benzene ring substituents is 1. The lowest BCUT2D eigenvalue weighted by Gasteiger charge is -2.06. The molecule has 0 spiro atoms. The van der Waals surface area contributed by atoms with Crippen molar-refractivity contribution in [1.29, 1.82) is 0 Å². The van der Waals surface area contributed by atoms with E-state index in [2.05, 4.69) is 35.8 Å². The van der Waals surface area contributed by atoms with Crippen molar-refractivity contribution in [2.45, 2.75) is 13.8 Å². The Morgan fingerprint density at radius 3 is 2.64 bits per heavy atom. The first-order valence-corrected chi connectivity index (χ1v) is 9.55. The molecule has 2 aromatic carbocycles. The molecule has 0 aliphatic rings. The molecule has 2 aromatic heterocycles. The summed E-state index contributed by atoms with van der Waals surface area (Å²) in [6.45, 7) is 3.71. The van der Waals surface area contributed by atoms with Gasteiger partial charge < -0.3 is 5.73 Å². The average Bonchev–Trinajstić information content (AvgIpc) is 3.43. The largest absolute Gasteiger partial charge is 0.378 e. The predicted octanol–water partition coefficient (Wildman–Crippen LogP) is 2.27. The van der Waals surface area contributed by atoms with Gasteiger partial charge in [0.25, 0.3) is 11.6 Å². The van der Waals surface area contributed by atoms with Crippen LogP contribution in [-0.2, 0) is 0 Å². The number of aromatic nitrogens is 5. The molecule has 166 valence electrons. The van der Waals surface area contributed by atoms with Gasteiger partial charge in [-0.25, -0.2) is 10.1 Å². The van der Waals surface area contributed by atoms with Gasteiger partial charge in [0, 0.05) is 17.7 Å². The van der Waals surface area contributed by atoms with E-state index in [1.165, 1.54) is 18.2 Å². The molecule has 0 atom stereocenters. The molecule has 13 heteroatoms. The van der Waals surface area contributed by atoms with Crippen LogP contribution in [0.15, 0.2) is 58.3 Å². The zero-order valence-corrected chi connectivity index (χ0v) is 17.5. The lowest BCUT2D eigenvalue weighted by molar-refractivity contribution is -0.384. The number of nitrogen functional groups attached to an aromatic ring is 1. The number of carbonyl (C=O) groups is 1. The smallest absolute Gasteiger partial charge is 0.294 e. The third-order valence-electron chi connectivity index (χ3n) is 4.71. The fourth-order valence-electron chi connectivity index (χ4n) is 2.99. The van der Waals surface area contributed by atoms with Crippen molar-refractivity contribution in [3.8, 4) is 17.1 Å². The monoisotopic (exact) mass is 447 g/mol. The number of hydrogen-bond donors (Lipinski definition) is 2. The molecule has 0 bridgehead atoms. The van der Waals surface area contributed by atoms with Crippen molar-refractivity contribution in [3.63, 3.8) is 0 Å². The van der Waals surface area contributed by atoms with E-state index in [0.29, 0.717) is 5.71 Å². The number of nitrogens with two attached hydrogens (primary N) is 1. The molecule has 4 aromatic rings. The van der Waals surface area contributed by atoms with E-state index in [0.717, 1.165) is 15.8 Å². The van der Waals surface area contributed by atoms with Crippen LogP contribution in [0.25, 0.3) is 17.1 Å². The fourth-order valence-corrected chi connectivity index (χ4v) is 2.99. The first-order chi connectivity index (χ1) is 15.8. The second kappa shape index (κ2) is 8.66. The Hall–Kier alpha value is -4.94. The maximum Gasteiger partial charge on any atom is 0.294 e. The molecule has 13 nitrogen and oxygen atoms in total. The minimum atomic E-state index is -0.691. The Morgan fingerprint density at radius 1 is 1.21 bits per heavy atom. The molecule has 2 heterocycles. The molecular weight excluding hydrogens is 430 g/mol. The summed E-state index contributed by atoms with van der Waals surface area (Å²) < 4.78 is 5.74. The van der Waals surface area contributed by atoms with Crippen molar-refractivity contribution in [3.05, 3.63) is 75.5 Å². The van der Waals surface area contributed by atoms with Crippen molar-refractivity contribution >= 4 is 23.1 Å². The number of rotatable bonds is 6. The summed E-state index contributed by atoms with van der Waals surface area (Å²) in [6.07, 6.45) is 0. The number of hydrogen-bond acceptors (Lipinski definition) is 10. The summed E-state index contributed by atoms with van der Waals surface area (Å²) in [5.74, 6) is -0.821. The van der Waals surface area contributed by atoms with Crippen LogP contribution in [0.5, 0.6) is 0 Å². The van der Waals surface area contributed by atoms with E-state index in [1.807, 2.05) is 31.2 Å². The van der Waals surface area contributed by atoms with E-state index < -0.39 is 10.8 Å². The van der Waals surface area contributed by atoms with Gasteiger partial charge in [-0.2, -0.15) is 9.78 Å². The van der Waals surface area contributed by atoms with E-state index >= 15 is 0 Å². The molecule has 0 fully saturated rings. The van der Waals surface area contributed by atoms with Crippen molar-refractivity contribution in [2.75, 3.05) is 5.73 Å². The number of nitro groups is 1. The first-order valence-electron chi connectivity index (χ1n) is 9.55. The summed E-state index contributed by atoms with van der Waals surface area (Å²) in [5.41, 5.74) is 10.7. The van der Waals surface area contributed by atoms with Crippen LogP contribution >= 0.6 is 0 Å². The molecule has 0 aliphatic heterocycles. The number of aryl methyl sites for hydroxylation is 1. The highest BCUT2D eigenvalue weighted by Crippen LogP contribution is 2.29. The third-order valence-corrected chi connectivity index (χ3v) is 4.71. The van der Waals surface area contributed by atoms with Crippen molar-refractivity contribution < 1.29 is 14.3 Å². The van der Waals surface area contributed by atoms with E-state index in [-0.39, 0.29) is 34.3 Å². The zero-order valence-electron chi connectivity index (χ0n) is 17.5. The molecule has 0 saturated carbocycles. The van der Waals surface area contributed by atoms with Crippen LogP contribution < -0.4 is 11.2 Å². The number of amides is 1. The quantitative estimate of drug-likeness (QED) is 0.254. The summed E-state index contributed by atoms with van der Waals surface area (Å²) in [6, 6.07) is 13.2. The van der Waals surface area contributed by atoms with E-state index in [4.69, 9.17) is 5.73 Å². The summed E-state index contributed by atoms with van der Waals surface area (Å²) in [7, 11) is 0. The van der Waals surface area contributed by atoms with E-state index in [1.54, 1.807) is 13.0 Å². The highest BCUT2D eigenvalue weighted by Gasteiger charge is 2.26. The maximum absolute atomic E-state index is 13.0. The number of anilines is 1. The van der Waals surface area contributed by atoms with Gasteiger partial charge >= 0.3 is 0 Å². The molecular formula is C20H17N9O4. The van der Waals surface area contributed by atoms with Crippen LogP contribution in [0.4, 0.5) is 11.5 Å². The number of non-ortho nitro benzene ring substituents is 1. The summed E-state index contributed by atoms with van der Waals surface area (Å²) >= 11 is 0. The SMILES string of the molecule is C/C(=N/NC(=O)c1nnn(-c2nonc2N)c1-c1cccc([N+](=O)[O-])c1)c1ccc(C)cc1. The predicted molar refractivity (Wildman–Crippen MR) is 117 cm³/mol. The first kappa shape index (κ1) is 21.3. The Balaban J connectivity index is 1.74. The number of carbonyl (C=O) groups excluding carboxylic acids is 1. The van der Waals surface area contributed by atoms with Gasteiger partial charge in [-0.15, -0.1) is 5.10 Å². The van der Waals surface area contributed by atoms with Crippen molar-refractivity contribution in [2.24, 2.45) is 5.10 Å². The second-order valence-corrected chi connectivity index (χ2v) is 6.98. The molecule has 0 unspecified atom stereocenters. The molecule has 0 radical (unpaired) electrons. The molecule has 3 N–H and O–H groups in total. The zero-order chi connectivity index (χ0) is 23.5. The standard InChI is InChI=1S/C20H17N9O4/c1-11-6-8-13(9-7-11)12(2)22-24-20(30)16-17(14-4-3-5-15(10-14)29(31)32)28(27-23-16)19-18(21)25-33-26-19/h3-10H,1-2H3,(H2,21,25)(H,24,30)/b22-12-. The number of nitrogens with zero attached hydrogens (tertiary/aromatic N) is 7. The van der Waals surface area contributed by atoms with Gasteiger partial charge in [-0.1, -0.05) is 47.2 Å². The molecule has 1 amide bonds. The van der Waals surface area contributed by atoms with Crippen molar-refractivity contribution in [1.82, 2.24) is 30.7 Å². The van der Waals surface area contributed by atoms with Crippen LogP contribution in [-0.4, -0.2) is 41.8 Å². The maximum atomic E-state index is 13.0. The number of hydrazone groups is 1.